The highest BCUT2D eigenvalue weighted by Crippen LogP contribution is 2.31. The molecular formula is C12H17ClN2O3S. The van der Waals surface area contributed by atoms with Gasteiger partial charge in [-0.05, 0) is 31.7 Å². The predicted octanol–water partition coefficient (Wildman–Crippen LogP) is 1.66. The zero-order valence-corrected chi connectivity index (χ0v) is 12.1. The first-order valence-corrected chi connectivity index (χ1v) is 8.11. The normalized spacial score (nSPS) is 20.8. The summed E-state index contributed by atoms with van der Waals surface area (Å²) in [5.74, 6) is 0. The van der Waals surface area contributed by atoms with E-state index in [1.54, 1.807) is 0 Å². The monoisotopic (exact) mass is 304 g/mol. The van der Waals surface area contributed by atoms with Crippen molar-refractivity contribution in [3.8, 4) is 0 Å². The van der Waals surface area contributed by atoms with Crippen LogP contribution in [0, 0.1) is 0 Å². The molecule has 0 spiro atoms. The summed E-state index contributed by atoms with van der Waals surface area (Å²) in [6.07, 6.45) is 5.71. The standard InChI is InChI=1S/C12H17ClN2O3S/c13-11-5-6-14-9-12(11)19(17,18)15-7-1-3-10(15)4-2-8-16/h5-6,9-10,16H,1-4,7-8H2. The third-order valence-corrected chi connectivity index (χ3v) is 5.76. The second-order valence-electron chi connectivity index (χ2n) is 4.58. The maximum absolute atomic E-state index is 12.6. The third-order valence-electron chi connectivity index (χ3n) is 3.34. The van der Waals surface area contributed by atoms with Crippen LogP contribution in [-0.2, 0) is 10.0 Å². The van der Waals surface area contributed by atoms with E-state index in [1.807, 2.05) is 0 Å². The van der Waals surface area contributed by atoms with Gasteiger partial charge in [0, 0.05) is 31.6 Å². The molecule has 1 aliphatic rings. The van der Waals surface area contributed by atoms with Gasteiger partial charge in [0.05, 0.1) is 5.02 Å². The summed E-state index contributed by atoms with van der Waals surface area (Å²) in [6.45, 7) is 0.585. The Hall–Kier alpha value is -0.690. The number of hydrogen-bond acceptors (Lipinski definition) is 4. The molecule has 1 fully saturated rings. The van der Waals surface area contributed by atoms with Crippen molar-refractivity contribution < 1.29 is 13.5 Å². The smallest absolute Gasteiger partial charge is 0.246 e. The number of aromatic nitrogens is 1. The molecule has 0 aromatic carbocycles. The van der Waals surface area contributed by atoms with Gasteiger partial charge in [0.1, 0.15) is 4.90 Å². The quantitative estimate of drug-likeness (QED) is 0.898. The molecule has 1 saturated heterocycles. The topological polar surface area (TPSA) is 70.5 Å². The van der Waals surface area contributed by atoms with Gasteiger partial charge in [0.15, 0.2) is 0 Å². The summed E-state index contributed by atoms with van der Waals surface area (Å²) < 4.78 is 26.6. The maximum Gasteiger partial charge on any atom is 0.246 e. The van der Waals surface area contributed by atoms with Crippen LogP contribution in [0.3, 0.4) is 0 Å². The zero-order valence-electron chi connectivity index (χ0n) is 10.5. The molecule has 0 saturated carbocycles. The van der Waals surface area contributed by atoms with Crippen molar-refractivity contribution in [2.75, 3.05) is 13.2 Å². The van der Waals surface area contributed by atoms with Gasteiger partial charge in [-0.15, -0.1) is 0 Å². The van der Waals surface area contributed by atoms with Crippen molar-refractivity contribution in [3.05, 3.63) is 23.5 Å². The van der Waals surface area contributed by atoms with Crippen LogP contribution in [0.4, 0.5) is 0 Å². The molecule has 1 aromatic heterocycles. The largest absolute Gasteiger partial charge is 0.396 e. The number of sulfonamides is 1. The summed E-state index contributed by atoms with van der Waals surface area (Å²) in [6, 6.07) is 1.43. The van der Waals surface area contributed by atoms with Crippen molar-refractivity contribution in [2.45, 2.75) is 36.6 Å². The Morgan fingerprint density at radius 2 is 2.32 bits per heavy atom. The summed E-state index contributed by atoms with van der Waals surface area (Å²) in [5.41, 5.74) is 0. The maximum atomic E-state index is 12.6. The molecule has 2 heterocycles. The first-order valence-electron chi connectivity index (χ1n) is 6.29. The lowest BCUT2D eigenvalue weighted by molar-refractivity contribution is 0.264. The lowest BCUT2D eigenvalue weighted by Gasteiger charge is -2.24. The van der Waals surface area contributed by atoms with Gasteiger partial charge in [-0.2, -0.15) is 4.31 Å². The molecule has 7 heteroatoms. The van der Waals surface area contributed by atoms with E-state index in [9.17, 15) is 8.42 Å². The molecule has 1 aromatic rings. The molecule has 1 unspecified atom stereocenters. The second-order valence-corrected chi connectivity index (χ2v) is 6.85. The first kappa shape index (κ1) is 14.7. The minimum Gasteiger partial charge on any atom is -0.396 e. The number of aliphatic hydroxyl groups excluding tert-OH is 1. The third kappa shape index (κ3) is 3.08. The summed E-state index contributed by atoms with van der Waals surface area (Å²) in [4.78, 5) is 3.90. The van der Waals surface area contributed by atoms with E-state index >= 15 is 0 Å². The highest BCUT2D eigenvalue weighted by molar-refractivity contribution is 7.89. The van der Waals surface area contributed by atoms with E-state index < -0.39 is 10.0 Å². The lowest BCUT2D eigenvalue weighted by Crippen LogP contribution is -2.35. The van der Waals surface area contributed by atoms with Gasteiger partial charge in [0.2, 0.25) is 10.0 Å². The fraction of sp³-hybridized carbons (Fsp3) is 0.583. The van der Waals surface area contributed by atoms with Crippen LogP contribution in [0.15, 0.2) is 23.4 Å². The Morgan fingerprint density at radius 3 is 3.00 bits per heavy atom. The molecule has 1 N–H and O–H groups in total. The van der Waals surface area contributed by atoms with Crippen LogP contribution < -0.4 is 0 Å². The van der Waals surface area contributed by atoms with Crippen LogP contribution >= 0.6 is 11.6 Å². The number of nitrogens with zero attached hydrogens (tertiary/aromatic N) is 2. The summed E-state index contributed by atoms with van der Waals surface area (Å²) in [5, 5.41) is 9.07. The Kier molecular flexibility index (Phi) is 4.78. The average Bonchev–Trinajstić information content (AvgIpc) is 2.85. The average molecular weight is 305 g/mol. The number of aliphatic hydroxyl groups is 1. The highest BCUT2D eigenvalue weighted by Gasteiger charge is 2.35. The van der Waals surface area contributed by atoms with Crippen LogP contribution in [0.25, 0.3) is 0 Å². The van der Waals surface area contributed by atoms with Gasteiger partial charge in [-0.1, -0.05) is 11.6 Å². The van der Waals surface area contributed by atoms with Crippen molar-refractivity contribution in [1.29, 1.82) is 0 Å². The van der Waals surface area contributed by atoms with Crippen molar-refractivity contribution in [2.24, 2.45) is 0 Å². The second kappa shape index (κ2) is 6.17. The minimum atomic E-state index is -3.59. The summed E-state index contributed by atoms with van der Waals surface area (Å²) in [7, 11) is -3.59. The fourth-order valence-electron chi connectivity index (χ4n) is 2.42. The molecule has 5 nitrogen and oxygen atoms in total. The molecule has 0 amide bonds. The molecule has 1 aliphatic heterocycles. The van der Waals surface area contributed by atoms with E-state index in [-0.39, 0.29) is 22.6 Å². The van der Waals surface area contributed by atoms with Crippen LogP contribution in [0.2, 0.25) is 5.02 Å². The molecule has 2 rings (SSSR count). The Morgan fingerprint density at radius 1 is 1.53 bits per heavy atom. The van der Waals surface area contributed by atoms with Gasteiger partial charge < -0.3 is 5.11 Å². The predicted molar refractivity (Wildman–Crippen MR) is 72.5 cm³/mol. The highest BCUT2D eigenvalue weighted by atomic mass is 35.5. The number of halogens is 1. The van der Waals surface area contributed by atoms with E-state index in [4.69, 9.17) is 16.7 Å². The van der Waals surface area contributed by atoms with E-state index in [0.29, 0.717) is 19.4 Å². The van der Waals surface area contributed by atoms with Crippen molar-refractivity contribution in [3.63, 3.8) is 0 Å². The molecule has 0 bridgehead atoms. The molecule has 19 heavy (non-hydrogen) atoms. The van der Waals surface area contributed by atoms with Gasteiger partial charge >= 0.3 is 0 Å². The van der Waals surface area contributed by atoms with Crippen molar-refractivity contribution >= 4 is 21.6 Å². The van der Waals surface area contributed by atoms with E-state index in [1.165, 1.54) is 22.8 Å². The number of hydrogen-bond donors (Lipinski definition) is 1. The van der Waals surface area contributed by atoms with Crippen LogP contribution in [0.1, 0.15) is 25.7 Å². The lowest BCUT2D eigenvalue weighted by atomic mass is 10.1. The molecule has 0 aliphatic carbocycles. The Bertz CT molecular complexity index is 536. The Labute approximate surface area is 118 Å². The van der Waals surface area contributed by atoms with Gasteiger partial charge in [-0.3, -0.25) is 4.98 Å². The zero-order chi connectivity index (χ0) is 13.9. The Balaban J connectivity index is 2.26. The van der Waals surface area contributed by atoms with E-state index in [0.717, 1.165) is 12.8 Å². The number of rotatable bonds is 5. The van der Waals surface area contributed by atoms with E-state index in [2.05, 4.69) is 4.98 Å². The molecule has 1 atom stereocenters. The minimum absolute atomic E-state index is 0.0478. The fourth-order valence-corrected chi connectivity index (χ4v) is 4.55. The van der Waals surface area contributed by atoms with Crippen LogP contribution in [-0.4, -0.2) is 42.0 Å². The van der Waals surface area contributed by atoms with Gasteiger partial charge in [-0.25, -0.2) is 8.42 Å². The van der Waals surface area contributed by atoms with Crippen LogP contribution in [0.5, 0.6) is 0 Å². The molecule has 0 radical (unpaired) electrons. The first-order chi connectivity index (χ1) is 9.07. The SMILES string of the molecule is O=S(=O)(c1cnccc1Cl)N1CCCC1CCCO. The van der Waals surface area contributed by atoms with Crippen molar-refractivity contribution in [1.82, 2.24) is 9.29 Å². The number of pyridine rings is 1. The molecular weight excluding hydrogens is 288 g/mol. The summed E-state index contributed by atoms with van der Waals surface area (Å²) >= 11 is 5.95. The molecule has 106 valence electrons. The van der Waals surface area contributed by atoms with Gasteiger partial charge in [0.25, 0.3) is 0 Å².